The van der Waals surface area contributed by atoms with Gasteiger partial charge in [-0.2, -0.15) is 0 Å². The summed E-state index contributed by atoms with van der Waals surface area (Å²) < 4.78 is 14.9. The van der Waals surface area contributed by atoms with Crippen molar-refractivity contribution >= 4 is 0 Å². The van der Waals surface area contributed by atoms with E-state index in [-0.39, 0.29) is 5.82 Å². The minimum absolute atomic E-state index is 0.225. The van der Waals surface area contributed by atoms with Crippen LogP contribution in [-0.2, 0) is 13.6 Å². The molecule has 0 aliphatic carbocycles. The summed E-state index contributed by atoms with van der Waals surface area (Å²) in [7, 11) is 3.89. The van der Waals surface area contributed by atoms with Crippen LogP contribution in [0.15, 0.2) is 24.3 Å². The van der Waals surface area contributed by atoms with Crippen LogP contribution in [0.4, 0.5) is 4.39 Å². The highest BCUT2D eigenvalue weighted by molar-refractivity contribution is 5.62. The highest BCUT2D eigenvalue weighted by Gasteiger charge is 2.13. The molecule has 2 rings (SSSR count). The van der Waals surface area contributed by atoms with Crippen LogP contribution in [0.3, 0.4) is 0 Å². The molecule has 1 aromatic carbocycles. The Labute approximate surface area is 100 Å². The fourth-order valence-corrected chi connectivity index (χ4v) is 1.86. The van der Waals surface area contributed by atoms with Crippen molar-refractivity contribution in [3.63, 3.8) is 0 Å². The molecule has 0 unspecified atom stereocenters. The first-order valence-corrected chi connectivity index (χ1v) is 5.56. The molecule has 0 amide bonds. The minimum atomic E-state index is -0.225. The molecule has 0 fully saturated rings. The van der Waals surface area contributed by atoms with E-state index in [0.717, 1.165) is 29.3 Å². The Bertz CT molecular complexity index is 514. The molecule has 0 radical (unpaired) electrons. The van der Waals surface area contributed by atoms with E-state index >= 15 is 0 Å². The van der Waals surface area contributed by atoms with Gasteiger partial charge < -0.3 is 9.88 Å². The van der Waals surface area contributed by atoms with E-state index in [1.54, 1.807) is 12.1 Å². The molecule has 90 valence electrons. The molecule has 2 aromatic rings. The number of benzene rings is 1. The van der Waals surface area contributed by atoms with E-state index in [0.29, 0.717) is 0 Å². The third-order valence-electron chi connectivity index (χ3n) is 2.90. The van der Waals surface area contributed by atoms with E-state index in [1.807, 2.05) is 21.0 Å². The largest absolute Gasteiger partial charge is 0.334 e. The van der Waals surface area contributed by atoms with Crippen molar-refractivity contribution in [2.24, 2.45) is 7.05 Å². The molecule has 0 aliphatic heterocycles. The Morgan fingerprint density at radius 2 is 1.94 bits per heavy atom. The van der Waals surface area contributed by atoms with Gasteiger partial charge in [0.15, 0.2) is 0 Å². The molecule has 0 spiro atoms. The Balaban J connectivity index is 2.50. The van der Waals surface area contributed by atoms with Crippen LogP contribution in [0.1, 0.15) is 11.5 Å². The highest BCUT2D eigenvalue weighted by Crippen LogP contribution is 2.23. The second kappa shape index (κ2) is 4.67. The number of halogens is 1. The van der Waals surface area contributed by atoms with Gasteiger partial charge in [0.2, 0.25) is 0 Å². The van der Waals surface area contributed by atoms with E-state index in [1.165, 1.54) is 12.1 Å². The molecule has 17 heavy (non-hydrogen) atoms. The van der Waals surface area contributed by atoms with Crippen LogP contribution in [0, 0.1) is 12.7 Å². The first-order valence-electron chi connectivity index (χ1n) is 5.56. The van der Waals surface area contributed by atoms with Gasteiger partial charge in [-0.05, 0) is 38.2 Å². The molecule has 0 saturated heterocycles. The number of aromatic nitrogens is 2. The smallest absolute Gasteiger partial charge is 0.123 e. The molecular formula is C13H16FN3. The third kappa shape index (κ3) is 2.22. The van der Waals surface area contributed by atoms with E-state index in [9.17, 15) is 4.39 Å². The van der Waals surface area contributed by atoms with Crippen LogP contribution in [0.25, 0.3) is 11.3 Å². The SMILES string of the molecule is CNCc1c(-c2ccc(F)cc2)nc(C)n1C. The zero-order valence-corrected chi connectivity index (χ0v) is 10.3. The van der Waals surface area contributed by atoms with Gasteiger partial charge in [0.25, 0.3) is 0 Å². The number of hydrogen-bond acceptors (Lipinski definition) is 2. The van der Waals surface area contributed by atoms with Crippen LogP contribution in [0.5, 0.6) is 0 Å². The predicted octanol–water partition coefficient (Wildman–Crippen LogP) is 2.25. The Kier molecular flexibility index (Phi) is 3.24. The monoisotopic (exact) mass is 233 g/mol. The summed E-state index contributed by atoms with van der Waals surface area (Å²) in [6.45, 7) is 2.70. The van der Waals surface area contributed by atoms with Crippen molar-refractivity contribution < 1.29 is 4.39 Å². The molecule has 1 heterocycles. The number of aryl methyl sites for hydroxylation is 1. The third-order valence-corrected chi connectivity index (χ3v) is 2.90. The number of nitrogens with zero attached hydrogens (tertiary/aromatic N) is 2. The summed E-state index contributed by atoms with van der Waals surface area (Å²) in [5.74, 6) is 0.728. The minimum Gasteiger partial charge on any atom is -0.334 e. The van der Waals surface area contributed by atoms with Crippen molar-refractivity contribution in [3.05, 3.63) is 41.6 Å². The average Bonchev–Trinajstić information content (AvgIpc) is 2.59. The molecule has 1 aromatic heterocycles. The van der Waals surface area contributed by atoms with Gasteiger partial charge in [0, 0.05) is 19.2 Å². The molecule has 3 nitrogen and oxygen atoms in total. The summed E-state index contributed by atoms with van der Waals surface area (Å²) in [5.41, 5.74) is 2.97. The van der Waals surface area contributed by atoms with Gasteiger partial charge in [-0.1, -0.05) is 0 Å². The zero-order chi connectivity index (χ0) is 12.4. The highest BCUT2D eigenvalue weighted by atomic mass is 19.1. The van der Waals surface area contributed by atoms with Crippen molar-refractivity contribution in [1.82, 2.24) is 14.9 Å². The molecule has 4 heteroatoms. The summed E-state index contributed by atoms with van der Waals surface area (Å²) >= 11 is 0. The summed E-state index contributed by atoms with van der Waals surface area (Å²) in [6.07, 6.45) is 0. The van der Waals surface area contributed by atoms with Crippen LogP contribution in [0.2, 0.25) is 0 Å². The van der Waals surface area contributed by atoms with Crippen molar-refractivity contribution in [1.29, 1.82) is 0 Å². The van der Waals surface area contributed by atoms with Gasteiger partial charge in [-0.25, -0.2) is 9.37 Å². The molecule has 0 atom stereocenters. The fourth-order valence-electron chi connectivity index (χ4n) is 1.86. The van der Waals surface area contributed by atoms with Gasteiger partial charge in [-0.15, -0.1) is 0 Å². The summed E-state index contributed by atoms with van der Waals surface area (Å²) in [5, 5.41) is 3.12. The lowest BCUT2D eigenvalue weighted by molar-refractivity contribution is 0.628. The van der Waals surface area contributed by atoms with E-state index in [2.05, 4.69) is 14.9 Å². The van der Waals surface area contributed by atoms with Gasteiger partial charge in [-0.3, -0.25) is 0 Å². The Hall–Kier alpha value is -1.68. The maximum Gasteiger partial charge on any atom is 0.123 e. The van der Waals surface area contributed by atoms with Gasteiger partial charge in [0.05, 0.1) is 11.4 Å². The van der Waals surface area contributed by atoms with Crippen LogP contribution >= 0.6 is 0 Å². The second-order valence-electron chi connectivity index (χ2n) is 4.05. The second-order valence-corrected chi connectivity index (χ2v) is 4.05. The van der Waals surface area contributed by atoms with Crippen molar-refractivity contribution in [2.45, 2.75) is 13.5 Å². The lowest BCUT2D eigenvalue weighted by Crippen LogP contribution is -2.10. The molecular weight excluding hydrogens is 217 g/mol. The molecule has 0 saturated carbocycles. The van der Waals surface area contributed by atoms with Gasteiger partial charge >= 0.3 is 0 Å². The average molecular weight is 233 g/mol. The first kappa shape index (κ1) is 11.8. The lowest BCUT2D eigenvalue weighted by atomic mass is 10.1. The van der Waals surface area contributed by atoms with Crippen LogP contribution in [-0.4, -0.2) is 16.6 Å². The molecule has 0 aliphatic rings. The van der Waals surface area contributed by atoms with E-state index < -0.39 is 0 Å². The number of rotatable bonds is 3. The van der Waals surface area contributed by atoms with E-state index in [4.69, 9.17) is 0 Å². The Morgan fingerprint density at radius 1 is 1.29 bits per heavy atom. The number of imidazole rings is 1. The van der Waals surface area contributed by atoms with Crippen molar-refractivity contribution in [2.75, 3.05) is 7.05 Å². The standard InChI is InChI=1S/C13H16FN3/c1-9-16-13(12(8-15-2)17(9)3)10-4-6-11(14)7-5-10/h4-7,15H,8H2,1-3H3. The topological polar surface area (TPSA) is 29.9 Å². The Morgan fingerprint density at radius 3 is 2.53 bits per heavy atom. The summed E-state index contributed by atoms with van der Waals surface area (Å²) in [4.78, 5) is 4.53. The predicted molar refractivity (Wildman–Crippen MR) is 66.1 cm³/mol. The molecule has 0 bridgehead atoms. The summed E-state index contributed by atoms with van der Waals surface area (Å²) in [6, 6.07) is 6.44. The number of nitrogens with one attached hydrogen (secondary N) is 1. The quantitative estimate of drug-likeness (QED) is 0.881. The zero-order valence-electron chi connectivity index (χ0n) is 10.3. The maximum absolute atomic E-state index is 12.9. The molecule has 1 N–H and O–H groups in total. The van der Waals surface area contributed by atoms with Crippen molar-refractivity contribution in [3.8, 4) is 11.3 Å². The first-order chi connectivity index (χ1) is 8.13. The normalized spacial score (nSPS) is 10.8. The van der Waals surface area contributed by atoms with Crippen LogP contribution < -0.4 is 5.32 Å². The lowest BCUT2D eigenvalue weighted by Gasteiger charge is -2.05. The maximum atomic E-state index is 12.9. The fraction of sp³-hybridized carbons (Fsp3) is 0.308. The van der Waals surface area contributed by atoms with Gasteiger partial charge in [0.1, 0.15) is 11.6 Å². The number of hydrogen-bond donors (Lipinski definition) is 1.